The van der Waals surface area contributed by atoms with Gasteiger partial charge in [0.25, 0.3) is 12.3 Å². The monoisotopic (exact) mass is 562 g/mol. The number of aliphatic hydroxyl groups is 1. The molecule has 0 aliphatic heterocycles. The maximum Gasteiger partial charge on any atom is 0.290 e. The molecular formula is C24H21ClF6N4O3. The van der Waals surface area contributed by atoms with Crippen LogP contribution in [0.4, 0.5) is 32.2 Å². The van der Waals surface area contributed by atoms with E-state index in [1.807, 2.05) is 0 Å². The Hall–Kier alpha value is -3.32. The smallest absolute Gasteiger partial charge is 0.290 e. The Morgan fingerprint density at radius 3 is 2.47 bits per heavy atom. The third kappa shape index (κ3) is 5.04. The van der Waals surface area contributed by atoms with E-state index in [1.165, 1.54) is 18.9 Å². The summed E-state index contributed by atoms with van der Waals surface area (Å²) in [7, 11) is 1.38. The van der Waals surface area contributed by atoms with E-state index in [0.717, 1.165) is 10.6 Å². The average molecular weight is 563 g/mol. The molecule has 2 N–H and O–H groups in total. The van der Waals surface area contributed by atoms with Gasteiger partial charge < -0.3 is 15.3 Å². The van der Waals surface area contributed by atoms with E-state index in [0.29, 0.717) is 18.3 Å². The summed E-state index contributed by atoms with van der Waals surface area (Å²) in [5, 5.41) is 10.1. The zero-order valence-corrected chi connectivity index (χ0v) is 20.7. The van der Waals surface area contributed by atoms with Crippen molar-refractivity contribution in [3.05, 3.63) is 62.7 Å². The van der Waals surface area contributed by atoms with E-state index >= 15 is 4.39 Å². The van der Waals surface area contributed by atoms with Crippen LogP contribution in [0, 0.1) is 23.4 Å². The summed E-state index contributed by atoms with van der Waals surface area (Å²) >= 11 is 6.06. The molecule has 1 aliphatic rings. The Bertz CT molecular complexity index is 1450. The summed E-state index contributed by atoms with van der Waals surface area (Å²) in [5.74, 6) is -9.94. The molecule has 1 aromatic carbocycles. The van der Waals surface area contributed by atoms with Crippen molar-refractivity contribution in [2.45, 2.75) is 38.1 Å². The summed E-state index contributed by atoms with van der Waals surface area (Å²) in [6.45, 7) is 1.33. The van der Waals surface area contributed by atoms with Gasteiger partial charge in [0.2, 0.25) is 11.2 Å². The lowest BCUT2D eigenvalue weighted by Crippen LogP contribution is -2.53. The number of hydrogen-bond donors (Lipinski definition) is 2. The zero-order chi connectivity index (χ0) is 28.1. The van der Waals surface area contributed by atoms with Crippen molar-refractivity contribution in [1.82, 2.24) is 14.9 Å². The molecule has 1 aliphatic carbocycles. The molecule has 1 saturated carbocycles. The number of alkyl halides is 3. The zero-order valence-electron chi connectivity index (χ0n) is 19.9. The number of aromatic nitrogens is 2. The third-order valence-electron chi connectivity index (χ3n) is 6.07. The number of nitrogens with one attached hydrogen (secondary N) is 1. The van der Waals surface area contributed by atoms with E-state index in [9.17, 15) is 36.6 Å². The lowest BCUT2D eigenvalue weighted by atomic mass is 10.1. The second-order valence-corrected chi connectivity index (χ2v) is 9.56. The molecule has 1 fully saturated rings. The number of carbonyl (C=O) groups excluding carboxylic acids is 1. The molecule has 2 aromatic heterocycles. The van der Waals surface area contributed by atoms with Gasteiger partial charge in [0.15, 0.2) is 23.1 Å². The fourth-order valence-corrected chi connectivity index (χ4v) is 4.43. The van der Waals surface area contributed by atoms with E-state index < -0.39 is 80.3 Å². The van der Waals surface area contributed by atoms with Crippen molar-refractivity contribution in [3.8, 4) is 5.69 Å². The van der Waals surface area contributed by atoms with Gasteiger partial charge in [0, 0.05) is 31.8 Å². The highest BCUT2D eigenvalue weighted by molar-refractivity contribution is 6.32. The number of hydrogen-bond acceptors (Lipinski definition) is 5. The standard InChI is InChI=1S/C24H21ClF6N4O3/c1-10(36)8-34(2)21-17(28)7-13-19(37)14(22(38)33-24(31,23(29)30)11-3-4-11)9-35(20(13)32-21)18-15(25)5-12(26)6-16(18)27/h5-7,9-11,23,36H,3-4,8H2,1-2H3,(H,33,38)/t10-,24?/m0/s1. The minimum Gasteiger partial charge on any atom is -0.392 e. The highest BCUT2D eigenvalue weighted by Crippen LogP contribution is 2.44. The van der Waals surface area contributed by atoms with Gasteiger partial charge in [-0.2, -0.15) is 0 Å². The van der Waals surface area contributed by atoms with E-state index in [1.54, 1.807) is 5.32 Å². The Kier molecular flexibility index (Phi) is 7.36. The first kappa shape index (κ1) is 27.7. The maximum atomic E-state index is 15.0. The first-order valence-electron chi connectivity index (χ1n) is 11.3. The topological polar surface area (TPSA) is 87.5 Å². The van der Waals surface area contributed by atoms with Gasteiger partial charge in [0.1, 0.15) is 17.1 Å². The molecule has 0 spiro atoms. The molecule has 0 bridgehead atoms. The quantitative estimate of drug-likeness (QED) is 0.315. The van der Waals surface area contributed by atoms with Gasteiger partial charge in [-0.05, 0) is 31.9 Å². The highest BCUT2D eigenvalue weighted by atomic mass is 35.5. The normalized spacial score (nSPS) is 16.0. The molecule has 3 aromatic rings. The SMILES string of the molecule is C[C@H](O)CN(C)c1nc2c(cc1F)c(=O)c(C(=O)NC(F)(C(F)F)C1CC1)cn2-c1c(F)cc(F)cc1Cl. The predicted octanol–water partition coefficient (Wildman–Crippen LogP) is 4.34. The summed E-state index contributed by atoms with van der Waals surface area (Å²) in [6.07, 6.45) is -3.69. The molecule has 0 saturated heterocycles. The number of amides is 1. The number of anilines is 1. The van der Waals surface area contributed by atoms with Crippen molar-refractivity contribution in [3.63, 3.8) is 0 Å². The fourth-order valence-electron chi connectivity index (χ4n) is 4.14. The lowest BCUT2D eigenvalue weighted by Gasteiger charge is -2.26. The first-order chi connectivity index (χ1) is 17.7. The number of fused-ring (bicyclic) bond motifs is 1. The van der Waals surface area contributed by atoms with Crippen LogP contribution in [0.2, 0.25) is 5.02 Å². The van der Waals surface area contributed by atoms with Crippen molar-refractivity contribution in [2.24, 2.45) is 5.92 Å². The summed E-state index contributed by atoms with van der Waals surface area (Å²) in [6, 6.07) is 1.85. The fraction of sp³-hybridized carbons (Fsp3) is 0.375. The van der Waals surface area contributed by atoms with Crippen LogP contribution in [0.15, 0.2) is 29.2 Å². The van der Waals surface area contributed by atoms with Crippen LogP contribution < -0.4 is 15.6 Å². The van der Waals surface area contributed by atoms with Crippen molar-refractivity contribution in [1.29, 1.82) is 0 Å². The Morgan fingerprint density at radius 2 is 1.92 bits per heavy atom. The van der Waals surface area contributed by atoms with E-state index in [-0.39, 0.29) is 25.2 Å². The number of likely N-dealkylation sites (N-methyl/N-ethyl adjacent to an activating group) is 1. The van der Waals surface area contributed by atoms with E-state index in [2.05, 4.69) is 4.98 Å². The number of nitrogens with zero attached hydrogens (tertiary/aromatic N) is 3. The van der Waals surface area contributed by atoms with Crippen LogP contribution in [0.3, 0.4) is 0 Å². The lowest BCUT2D eigenvalue weighted by molar-refractivity contribution is -0.0671. The molecule has 1 amide bonds. The van der Waals surface area contributed by atoms with Crippen LogP contribution >= 0.6 is 11.6 Å². The van der Waals surface area contributed by atoms with Crippen LogP contribution in [0.1, 0.15) is 30.1 Å². The minimum atomic E-state index is -3.61. The number of carbonyl (C=O) groups is 1. The molecule has 1 unspecified atom stereocenters. The Balaban J connectivity index is 1.98. The van der Waals surface area contributed by atoms with Gasteiger partial charge in [-0.15, -0.1) is 0 Å². The van der Waals surface area contributed by atoms with Crippen LogP contribution in [0.25, 0.3) is 16.7 Å². The number of benzene rings is 1. The number of aliphatic hydroxyl groups excluding tert-OH is 1. The second-order valence-electron chi connectivity index (χ2n) is 9.15. The van der Waals surface area contributed by atoms with Crippen LogP contribution in [0.5, 0.6) is 0 Å². The third-order valence-corrected chi connectivity index (χ3v) is 6.36. The van der Waals surface area contributed by atoms with Gasteiger partial charge in [-0.1, -0.05) is 11.6 Å². The summed E-state index contributed by atoms with van der Waals surface area (Å²) in [5.41, 5.74) is -3.18. The molecule has 7 nitrogen and oxygen atoms in total. The summed E-state index contributed by atoms with van der Waals surface area (Å²) < 4.78 is 86.4. The number of halogens is 7. The second kappa shape index (κ2) is 10.1. The molecule has 0 radical (unpaired) electrons. The molecule has 2 heterocycles. The minimum absolute atomic E-state index is 0.0807. The molecule has 2 atom stereocenters. The van der Waals surface area contributed by atoms with Crippen LogP contribution in [-0.2, 0) is 0 Å². The molecule has 38 heavy (non-hydrogen) atoms. The maximum absolute atomic E-state index is 15.0. The summed E-state index contributed by atoms with van der Waals surface area (Å²) in [4.78, 5) is 31.4. The van der Waals surface area contributed by atoms with Gasteiger partial charge in [-0.25, -0.2) is 31.3 Å². The largest absolute Gasteiger partial charge is 0.392 e. The van der Waals surface area contributed by atoms with Crippen LogP contribution in [-0.4, -0.2) is 52.5 Å². The molecule has 4 rings (SSSR count). The van der Waals surface area contributed by atoms with E-state index in [4.69, 9.17) is 11.6 Å². The molecule has 204 valence electrons. The average Bonchev–Trinajstić information content (AvgIpc) is 3.65. The number of rotatable bonds is 8. The highest BCUT2D eigenvalue weighted by Gasteiger charge is 2.54. The predicted molar refractivity (Wildman–Crippen MR) is 127 cm³/mol. The van der Waals surface area contributed by atoms with Gasteiger partial charge in [-0.3, -0.25) is 14.2 Å². The molecular weight excluding hydrogens is 542 g/mol. The van der Waals surface area contributed by atoms with Gasteiger partial charge >= 0.3 is 0 Å². The number of pyridine rings is 2. The first-order valence-corrected chi connectivity index (χ1v) is 11.7. The van der Waals surface area contributed by atoms with Crippen molar-refractivity contribution >= 4 is 34.4 Å². The van der Waals surface area contributed by atoms with Crippen molar-refractivity contribution < 1.29 is 36.2 Å². The van der Waals surface area contributed by atoms with Gasteiger partial charge in [0.05, 0.1) is 16.5 Å². The molecule has 14 heteroatoms. The Morgan fingerprint density at radius 1 is 1.26 bits per heavy atom. The van der Waals surface area contributed by atoms with Crippen molar-refractivity contribution in [2.75, 3.05) is 18.5 Å². The Labute approximate surface area is 216 Å².